The predicted octanol–water partition coefficient (Wildman–Crippen LogP) is -0.223. The molecule has 0 radical (unpaired) electrons. The van der Waals surface area contributed by atoms with Crippen molar-refractivity contribution >= 4 is 16.1 Å². The summed E-state index contributed by atoms with van der Waals surface area (Å²) in [6.45, 7) is 0. The molecule has 0 unspecified atom stereocenters. The van der Waals surface area contributed by atoms with Gasteiger partial charge in [0, 0.05) is 0 Å². The van der Waals surface area contributed by atoms with Crippen LogP contribution in [0.5, 0.6) is 0 Å². The molecule has 0 spiro atoms. The standard InChI is InChI=1S/CH2NS.Mn/c2-1-3;/h(H2,2,3);. The number of hydrogen-bond donors (Lipinski definition) is 1. The SMILES string of the molecule is N[C](=S)[Mn]. The van der Waals surface area contributed by atoms with Gasteiger partial charge in [-0.2, -0.15) is 0 Å². The van der Waals surface area contributed by atoms with Gasteiger partial charge in [0.2, 0.25) is 0 Å². The normalized spacial score (nSPS) is 6.25. The Morgan fingerprint density at radius 1 is 2.00 bits per heavy atom. The summed E-state index contributed by atoms with van der Waals surface area (Å²) in [6, 6.07) is 0. The Balaban J connectivity index is 2.80. The molecule has 0 aromatic rings. The minimum atomic E-state index is 0.313. The van der Waals surface area contributed by atoms with Crippen molar-refractivity contribution in [3.05, 3.63) is 0 Å². The molecule has 0 aliphatic rings. The van der Waals surface area contributed by atoms with Crippen LogP contribution in [-0.4, -0.2) is 3.89 Å². The summed E-state index contributed by atoms with van der Waals surface area (Å²) in [5.41, 5.74) is 4.76. The monoisotopic (exact) mass is 115 g/mol. The molecule has 1 nitrogen and oxygen atoms in total. The summed E-state index contributed by atoms with van der Waals surface area (Å²) in [5.74, 6) is 0. The molecule has 0 atom stereocenters. The molecule has 0 aliphatic heterocycles. The molecule has 3 heteroatoms. The predicted molar refractivity (Wildman–Crippen MR) is 16.8 cm³/mol. The molecule has 0 fully saturated rings. The Morgan fingerprint density at radius 2 is 2.00 bits per heavy atom. The van der Waals surface area contributed by atoms with E-state index in [0.717, 1.165) is 0 Å². The van der Waals surface area contributed by atoms with Gasteiger partial charge in [-0.1, -0.05) is 0 Å². The average molecular weight is 115 g/mol. The summed E-state index contributed by atoms with van der Waals surface area (Å²) in [4.78, 5) is 0. The second kappa shape index (κ2) is 1.70. The van der Waals surface area contributed by atoms with E-state index < -0.39 is 0 Å². The van der Waals surface area contributed by atoms with Gasteiger partial charge < -0.3 is 0 Å². The van der Waals surface area contributed by atoms with Crippen molar-refractivity contribution < 1.29 is 16.0 Å². The van der Waals surface area contributed by atoms with Crippen molar-refractivity contribution in [1.82, 2.24) is 0 Å². The van der Waals surface area contributed by atoms with Gasteiger partial charge in [0.25, 0.3) is 0 Å². The number of thiocarbonyl (C=S) groups is 1. The first-order chi connectivity index (χ1) is 1.73. The molecular formula is CH2MnNS. The summed E-state index contributed by atoms with van der Waals surface area (Å²) in [6.07, 6.45) is 0. The van der Waals surface area contributed by atoms with Gasteiger partial charge in [0.05, 0.1) is 0 Å². The van der Waals surface area contributed by atoms with Gasteiger partial charge in [0.1, 0.15) is 0 Å². The van der Waals surface area contributed by atoms with Crippen LogP contribution >= 0.6 is 12.2 Å². The second-order valence-electron chi connectivity index (χ2n) is 0.304. The molecular weight excluding hydrogens is 113 g/mol. The van der Waals surface area contributed by atoms with Crippen LogP contribution < -0.4 is 5.73 Å². The number of nitrogens with two attached hydrogens (primary N) is 1. The molecule has 4 heavy (non-hydrogen) atoms. The third-order valence-corrected chi connectivity index (χ3v) is 0. The van der Waals surface area contributed by atoms with Crippen molar-refractivity contribution in [2.75, 3.05) is 0 Å². The minimum absolute atomic E-state index is 0.313. The van der Waals surface area contributed by atoms with Crippen LogP contribution in [0.4, 0.5) is 0 Å². The van der Waals surface area contributed by atoms with E-state index in [1.807, 2.05) is 0 Å². The van der Waals surface area contributed by atoms with Crippen LogP contribution in [0.2, 0.25) is 0 Å². The van der Waals surface area contributed by atoms with Crippen molar-refractivity contribution in [3.8, 4) is 0 Å². The molecule has 0 amide bonds. The zero-order chi connectivity index (χ0) is 3.58. The molecule has 0 aromatic heterocycles. The fourth-order valence-corrected chi connectivity index (χ4v) is 0. The Kier molecular flexibility index (Phi) is 1.88. The fourth-order valence-electron chi connectivity index (χ4n) is 0. The fraction of sp³-hybridized carbons (Fsp3) is 0. The zero-order valence-electron chi connectivity index (χ0n) is 1.86. The van der Waals surface area contributed by atoms with Gasteiger partial charge in [-0.3, -0.25) is 0 Å². The van der Waals surface area contributed by atoms with E-state index in [-0.39, 0.29) is 0 Å². The quantitative estimate of drug-likeness (QED) is 0.349. The molecule has 0 bridgehead atoms. The first-order valence-electron chi connectivity index (χ1n) is 0.682. The van der Waals surface area contributed by atoms with Crippen molar-refractivity contribution in [2.45, 2.75) is 0 Å². The summed E-state index contributed by atoms with van der Waals surface area (Å²) in [5, 5.41) is 0. The van der Waals surface area contributed by atoms with E-state index in [4.69, 9.17) is 5.73 Å². The van der Waals surface area contributed by atoms with Crippen LogP contribution in [0, 0.1) is 0 Å². The maximum absolute atomic E-state index is 4.76. The van der Waals surface area contributed by atoms with Crippen LogP contribution in [0.15, 0.2) is 0 Å². The summed E-state index contributed by atoms with van der Waals surface area (Å²) >= 11 is 7.01. The summed E-state index contributed by atoms with van der Waals surface area (Å²) < 4.78 is 0.313. The van der Waals surface area contributed by atoms with Gasteiger partial charge in [-0.05, 0) is 0 Å². The molecule has 2 N–H and O–H groups in total. The number of rotatable bonds is 0. The van der Waals surface area contributed by atoms with Crippen LogP contribution in [0.25, 0.3) is 0 Å². The van der Waals surface area contributed by atoms with Gasteiger partial charge >= 0.3 is 37.9 Å². The summed E-state index contributed by atoms with van der Waals surface area (Å²) in [7, 11) is 0. The van der Waals surface area contributed by atoms with Crippen LogP contribution in [0.3, 0.4) is 0 Å². The molecule has 0 rings (SSSR count). The third-order valence-electron chi connectivity index (χ3n) is 0. The van der Waals surface area contributed by atoms with Crippen molar-refractivity contribution in [2.24, 2.45) is 5.73 Å². The van der Waals surface area contributed by atoms with E-state index in [2.05, 4.69) is 28.2 Å². The van der Waals surface area contributed by atoms with Crippen LogP contribution in [0.1, 0.15) is 0 Å². The van der Waals surface area contributed by atoms with E-state index in [0.29, 0.717) is 3.89 Å². The maximum atomic E-state index is 4.76. The van der Waals surface area contributed by atoms with Crippen LogP contribution in [-0.2, 0) is 16.0 Å². The first kappa shape index (κ1) is 4.41. The average Bonchev–Trinajstić information content (AvgIpc) is 0.811. The molecule has 0 aromatic carbocycles. The van der Waals surface area contributed by atoms with E-state index in [1.165, 1.54) is 0 Å². The zero-order valence-corrected chi connectivity index (χ0v) is 3.86. The Labute approximate surface area is 38.4 Å². The van der Waals surface area contributed by atoms with Crippen molar-refractivity contribution in [1.29, 1.82) is 0 Å². The second-order valence-corrected chi connectivity index (χ2v) is 1.76. The third kappa shape index (κ3) is 28.5. The Bertz CT molecular complexity index is 31.0. The molecule has 0 aliphatic carbocycles. The van der Waals surface area contributed by atoms with Gasteiger partial charge in [-0.15, -0.1) is 0 Å². The topological polar surface area (TPSA) is 26.0 Å². The molecule has 0 saturated carbocycles. The van der Waals surface area contributed by atoms with E-state index >= 15 is 0 Å². The van der Waals surface area contributed by atoms with Gasteiger partial charge in [0.15, 0.2) is 0 Å². The molecule has 0 heterocycles. The van der Waals surface area contributed by atoms with E-state index in [1.54, 1.807) is 0 Å². The van der Waals surface area contributed by atoms with E-state index in [9.17, 15) is 0 Å². The molecule has 0 saturated heterocycles. The molecule has 24 valence electrons. The number of hydrogen-bond acceptors (Lipinski definition) is 1. The Hall–Kier alpha value is 0.409. The first-order valence-corrected chi connectivity index (χ1v) is 1.68. The Morgan fingerprint density at radius 3 is 2.00 bits per heavy atom. The van der Waals surface area contributed by atoms with Crippen molar-refractivity contribution in [3.63, 3.8) is 0 Å². The van der Waals surface area contributed by atoms with Gasteiger partial charge in [-0.25, -0.2) is 0 Å².